The first-order valence-electron chi connectivity index (χ1n) is 10.4. The molecule has 3 aliphatic rings. The molecule has 1 aliphatic carbocycles. The van der Waals surface area contributed by atoms with Gasteiger partial charge >= 0.3 is 0 Å². The number of piperazine rings is 1. The van der Waals surface area contributed by atoms with Crippen molar-refractivity contribution >= 4 is 11.8 Å². The van der Waals surface area contributed by atoms with Crippen molar-refractivity contribution in [3.05, 3.63) is 35.4 Å². The van der Waals surface area contributed by atoms with E-state index in [-0.39, 0.29) is 49.6 Å². The molecule has 1 aromatic rings. The molecular formula is C23H28N2O4. The van der Waals surface area contributed by atoms with Gasteiger partial charge in [0.15, 0.2) is 0 Å². The Morgan fingerprint density at radius 2 is 1.97 bits per heavy atom. The first-order chi connectivity index (χ1) is 14.1. The molecule has 29 heavy (non-hydrogen) atoms. The molecular weight excluding hydrogens is 368 g/mol. The van der Waals surface area contributed by atoms with Gasteiger partial charge in [0, 0.05) is 31.1 Å². The van der Waals surface area contributed by atoms with Gasteiger partial charge in [-0.1, -0.05) is 36.8 Å². The number of carbonyl (C=O) groups excluding carboxylic acids is 2. The predicted octanol–water partition coefficient (Wildman–Crippen LogP) is 1.37. The molecule has 2 amide bonds. The molecule has 0 aromatic heterocycles. The van der Waals surface area contributed by atoms with E-state index in [4.69, 9.17) is 4.74 Å². The van der Waals surface area contributed by atoms with Crippen LogP contribution in [0.4, 0.5) is 0 Å². The predicted molar refractivity (Wildman–Crippen MR) is 108 cm³/mol. The lowest BCUT2D eigenvalue weighted by Crippen LogP contribution is -2.73. The Balaban J connectivity index is 1.49. The number of ether oxygens (including phenoxy) is 1. The number of methoxy groups -OCH3 is 1. The van der Waals surface area contributed by atoms with Crippen molar-refractivity contribution in [1.29, 1.82) is 0 Å². The average molecular weight is 396 g/mol. The Morgan fingerprint density at radius 1 is 1.24 bits per heavy atom. The third-order valence-electron chi connectivity index (χ3n) is 6.44. The number of amides is 2. The van der Waals surface area contributed by atoms with E-state index in [1.165, 1.54) is 32.8 Å². The van der Waals surface area contributed by atoms with Crippen LogP contribution >= 0.6 is 0 Å². The average Bonchev–Trinajstić information content (AvgIpc) is 3.22. The highest BCUT2D eigenvalue weighted by Crippen LogP contribution is 2.42. The number of hydrogen-bond acceptors (Lipinski definition) is 4. The lowest BCUT2D eigenvalue weighted by Gasteiger charge is -2.58. The number of rotatable bonds is 4. The fraction of sp³-hybridized carbons (Fsp3) is 0.565. The summed E-state index contributed by atoms with van der Waals surface area (Å²) in [5.74, 6) is 6.91. The molecule has 6 nitrogen and oxygen atoms in total. The lowest BCUT2D eigenvalue weighted by atomic mass is 9.73. The summed E-state index contributed by atoms with van der Waals surface area (Å²) in [6.45, 7) is 0.417. The Labute approximate surface area is 171 Å². The zero-order valence-electron chi connectivity index (χ0n) is 16.8. The number of fused-ring (bicyclic) bond motifs is 1. The van der Waals surface area contributed by atoms with E-state index in [0.29, 0.717) is 12.5 Å². The summed E-state index contributed by atoms with van der Waals surface area (Å²) < 4.78 is 4.93. The van der Waals surface area contributed by atoms with Crippen molar-refractivity contribution in [2.45, 2.75) is 43.7 Å². The molecule has 154 valence electrons. The standard InChI is InChI=1S/C23H28N2O4/c1-29-15-22(28)24-12-19-23(20(14-26)25(19)21(27)13-24)18-10-8-17(9-11-18)7-6-16-4-2-3-5-16/h8-11,16,19-20,23,26H,2-5,12-15H2,1H3/t19-,20-,23-/m0/s1. The number of carbonyl (C=O) groups is 2. The van der Waals surface area contributed by atoms with Crippen molar-refractivity contribution in [1.82, 2.24) is 9.80 Å². The van der Waals surface area contributed by atoms with Crippen LogP contribution in [0.5, 0.6) is 0 Å². The molecule has 4 rings (SSSR count). The Hall–Kier alpha value is -2.36. The van der Waals surface area contributed by atoms with Crippen molar-refractivity contribution in [3.8, 4) is 11.8 Å². The van der Waals surface area contributed by atoms with Crippen LogP contribution in [0.1, 0.15) is 42.7 Å². The second-order valence-electron chi connectivity index (χ2n) is 8.22. The van der Waals surface area contributed by atoms with Gasteiger partial charge < -0.3 is 19.6 Å². The first kappa shape index (κ1) is 19.9. The van der Waals surface area contributed by atoms with Crippen LogP contribution in [0.3, 0.4) is 0 Å². The minimum Gasteiger partial charge on any atom is -0.394 e. The number of nitrogens with zero attached hydrogens (tertiary/aromatic N) is 2. The molecule has 2 aliphatic heterocycles. The van der Waals surface area contributed by atoms with Crippen molar-refractivity contribution in [2.75, 3.05) is 33.4 Å². The summed E-state index contributed by atoms with van der Waals surface area (Å²) in [6.07, 6.45) is 4.97. The maximum Gasteiger partial charge on any atom is 0.249 e. The largest absolute Gasteiger partial charge is 0.394 e. The molecule has 3 atom stereocenters. The van der Waals surface area contributed by atoms with Gasteiger partial charge in [-0.3, -0.25) is 9.59 Å². The van der Waals surface area contributed by atoms with Gasteiger partial charge in [0.2, 0.25) is 11.8 Å². The number of aliphatic hydroxyl groups excluding tert-OH is 1. The SMILES string of the molecule is COCC(=O)N1CC(=O)N2[C@@H](CO)[C@@H](c3ccc(C#CC4CCCC4)cc3)[C@@H]2C1. The van der Waals surface area contributed by atoms with E-state index in [0.717, 1.165) is 11.1 Å². The number of aliphatic hydroxyl groups is 1. The molecule has 0 unspecified atom stereocenters. The van der Waals surface area contributed by atoms with Gasteiger partial charge in [0.25, 0.3) is 0 Å². The van der Waals surface area contributed by atoms with E-state index < -0.39 is 0 Å². The minimum atomic E-state index is -0.234. The molecule has 2 saturated heterocycles. The zero-order chi connectivity index (χ0) is 20.4. The van der Waals surface area contributed by atoms with E-state index in [1.54, 1.807) is 9.80 Å². The first-order valence-corrected chi connectivity index (χ1v) is 10.4. The molecule has 0 radical (unpaired) electrons. The van der Waals surface area contributed by atoms with Crippen molar-refractivity contribution in [3.63, 3.8) is 0 Å². The van der Waals surface area contributed by atoms with Crippen LogP contribution in [-0.2, 0) is 14.3 Å². The fourth-order valence-corrected chi connectivity index (χ4v) is 4.95. The smallest absolute Gasteiger partial charge is 0.249 e. The van der Waals surface area contributed by atoms with Crippen LogP contribution in [0.25, 0.3) is 0 Å². The van der Waals surface area contributed by atoms with Gasteiger partial charge in [-0.2, -0.15) is 0 Å². The second kappa shape index (κ2) is 8.56. The summed E-state index contributed by atoms with van der Waals surface area (Å²) >= 11 is 0. The van der Waals surface area contributed by atoms with Gasteiger partial charge in [-0.05, 0) is 30.5 Å². The molecule has 1 N–H and O–H groups in total. The van der Waals surface area contributed by atoms with Crippen LogP contribution in [0.2, 0.25) is 0 Å². The monoisotopic (exact) mass is 396 g/mol. The zero-order valence-corrected chi connectivity index (χ0v) is 16.8. The van der Waals surface area contributed by atoms with Crippen LogP contribution < -0.4 is 0 Å². The molecule has 6 heteroatoms. The number of benzene rings is 1. The normalized spacial score (nSPS) is 26.6. The highest BCUT2D eigenvalue weighted by Gasteiger charge is 2.54. The molecule has 0 bridgehead atoms. The summed E-state index contributed by atoms with van der Waals surface area (Å²) in [4.78, 5) is 28.1. The fourth-order valence-electron chi connectivity index (χ4n) is 4.95. The van der Waals surface area contributed by atoms with Crippen molar-refractivity contribution < 1.29 is 19.4 Å². The Morgan fingerprint density at radius 3 is 2.62 bits per heavy atom. The van der Waals surface area contributed by atoms with E-state index in [1.807, 2.05) is 24.3 Å². The highest BCUT2D eigenvalue weighted by molar-refractivity contribution is 5.88. The quantitative estimate of drug-likeness (QED) is 0.781. The minimum absolute atomic E-state index is 0.0129. The second-order valence-corrected chi connectivity index (χ2v) is 8.22. The van der Waals surface area contributed by atoms with Gasteiger partial charge in [-0.15, -0.1) is 0 Å². The number of hydrogen-bond donors (Lipinski definition) is 1. The Kier molecular flexibility index (Phi) is 5.89. The van der Waals surface area contributed by atoms with Crippen LogP contribution in [0.15, 0.2) is 24.3 Å². The Bertz CT molecular complexity index is 820. The molecule has 1 aromatic carbocycles. The van der Waals surface area contributed by atoms with E-state index >= 15 is 0 Å². The maximum atomic E-state index is 12.5. The van der Waals surface area contributed by atoms with Crippen LogP contribution in [-0.4, -0.2) is 72.2 Å². The molecule has 0 spiro atoms. The summed E-state index contributed by atoms with van der Waals surface area (Å²) in [6, 6.07) is 7.79. The van der Waals surface area contributed by atoms with Gasteiger partial charge in [0.1, 0.15) is 6.61 Å². The maximum absolute atomic E-state index is 12.5. The van der Waals surface area contributed by atoms with E-state index in [9.17, 15) is 14.7 Å². The molecule has 3 fully saturated rings. The topological polar surface area (TPSA) is 70.1 Å². The lowest BCUT2D eigenvalue weighted by molar-refractivity contribution is -0.168. The van der Waals surface area contributed by atoms with Gasteiger partial charge in [0.05, 0.1) is 25.2 Å². The summed E-state index contributed by atoms with van der Waals surface area (Å²) in [5.41, 5.74) is 2.07. The van der Waals surface area contributed by atoms with Gasteiger partial charge in [-0.25, -0.2) is 0 Å². The molecule has 1 saturated carbocycles. The van der Waals surface area contributed by atoms with E-state index in [2.05, 4.69) is 11.8 Å². The third-order valence-corrected chi connectivity index (χ3v) is 6.44. The van der Waals surface area contributed by atoms with Crippen molar-refractivity contribution in [2.24, 2.45) is 5.92 Å². The molecule has 2 heterocycles. The summed E-state index contributed by atoms with van der Waals surface area (Å²) in [5, 5.41) is 9.88. The summed E-state index contributed by atoms with van der Waals surface area (Å²) in [7, 11) is 1.47. The van der Waals surface area contributed by atoms with Crippen LogP contribution in [0, 0.1) is 17.8 Å². The highest BCUT2D eigenvalue weighted by atomic mass is 16.5. The third kappa shape index (κ3) is 3.90.